The number of carbonyl (C=O) groups excluding carboxylic acids is 1. The van der Waals surface area contributed by atoms with E-state index in [0.717, 1.165) is 5.56 Å². The van der Waals surface area contributed by atoms with Crippen molar-refractivity contribution < 1.29 is 4.79 Å². The molecule has 0 amide bonds. The van der Waals surface area contributed by atoms with Crippen molar-refractivity contribution in [2.24, 2.45) is 10.8 Å². The molecule has 0 aliphatic rings. The highest BCUT2D eigenvalue weighted by molar-refractivity contribution is 5.96. The summed E-state index contributed by atoms with van der Waals surface area (Å²) >= 11 is 0. The van der Waals surface area contributed by atoms with Gasteiger partial charge in [-0.25, -0.2) is 0 Å². The first-order valence-corrected chi connectivity index (χ1v) is 6.02. The van der Waals surface area contributed by atoms with Gasteiger partial charge >= 0.3 is 0 Å². The predicted octanol–water partition coefficient (Wildman–Crippen LogP) is 4.50. The first-order valence-electron chi connectivity index (χ1n) is 6.02. The Morgan fingerprint density at radius 3 is 2.18 bits per heavy atom. The van der Waals surface area contributed by atoms with Gasteiger partial charge in [0.25, 0.3) is 0 Å². The first kappa shape index (κ1) is 13.7. The third kappa shape index (κ3) is 3.06. The Bertz CT molecular complexity index is 399. The minimum absolute atomic E-state index is 0.0581. The lowest BCUT2D eigenvalue weighted by Crippen LogP contribution is -2.32. The van der Waals surface area contributed by atoms with Gasteiger partial charge in [0.1, 0.15) is 0 Å². The molecular weight excluding hydrogens is 208 g/mol. The Labute approximate surface area is 105 Å². The van der Waals surface area contributed by atoms with Crippen molar-refractivity contribution in [3.63, 3.8) is 0 Å². The maximum Gasteiger partial charge on any atom is 0.163 e. The van der Waals surface area contributed by atoms with Crippen molar-refractivity contribution in [1.29, 1.82) is 0 Å². The Balaban J connectivity index is 2.86. The molecule has 0 unspecified atom stereocenters. The predicted molar refractivity (Wildman–Crippen MR) is 73.1 cm³/mol. The van der Waals surface area contributed by atoms with E-state index in [1.54, 1.807) is 0 Å². The van der Waals surface area contributed by atoms with Crippen LogP contribution >= 0.6 is 0 Å². The van der Waals surface area contributed by atoms with Gasteiger partial charge in [0.2, 0.25) is 0 Å². The molecule has 0 heterocycles. The minimum atomic E-state index is -0.0956. The monoisotopic (exact) mass is 230 g/mol. The van der Waals surface area contributed by atoms with E-state index < -0.39 is 0 Å². The van der Waals surface area contributed by atoms with Crippen LogP contribution in [0.25, 0.3) is 0 Å². The first-order chi connectivity index (χ1) is 7.80. The molecule has 0 aliphatic carbocycles. The van der Waals surface area contributed by atoms with E-state index in [0.29, 0.717) is 6.42 Å². The van der Waals surface area contributed by atoms with E-state index >= 15 is 0 Å². The fourth-order valence-electron chi connectivity index (χ4n) is 1.63. The second-order valence-corrected chi connectivity index (χ2v) is 5.78. The number of hydrogen-bond donors (Lipinski definition) is 0. The molecule has 0 spiro atoms. The van der Waals surface area contributed by atoms with Crippen molar-refractivity contribution in [1.82, 2.24) is 0 Å². The maximum absolute atomic E-state index is 12.2. The van der Waals surface area contributed by atoms with Gasteiger partial charge in [0.05, 0.1) is 0 Å². The van der Waals surface area contributed by atoms with Crippen LogP contribution in [0.4, 0.5) is 0 Å². The second-order valence-electron chi connectivity index (χ2n) is 5.78. The Hall–Kier alpha value is -1.37. The minimum Gasteiger partial charge on any atom is -0.294 e. The fraction of sp³-hybridized carbons (Fsp3) is 0.438. The standard InChI is InChI=1S/C16H22O/c1-6-15(2,3)16(4,5)12-14(17)13-10-8-7-9-11-13/h6-11H,1,12H2,2-5H3. The highest BCUT2D eigenvalue weighted by atomic mass is 16.1. The lowest BCUT2D eigenvalue weighted by Gasteiger charge is -2.39. The third-order valence-electron chi connectivity index (χ3n) is 3.95. The molecule has 0 aliphatic heterocycles. The van der Waals surface area contributed by atoms with Crippen LogP contribution in [0.3, 0.4) is 0 Å². The van der Waals surface area contributed by atoms with Crippen molar-refractivity contribution in [2.45, 2.75) is 34.1 Å². The summed E-state index contributed by atoms with van der Waals surface area (Å²) in [7, 11) is 0. The maximum atomic E-state index is 12.2. The van der Waals surface area contributed by atoms with Gasteiger partial charge < -0.3 is 0 Å². The quantitative estimate of drug-likeness (QED) is 0.537. The summed E-state index contributed by atoms with van der Waals surface area (Å²) in [6.07, 6.45) is 2.47. The van der Waals surface area contributed by atoms with Gasteiger partial charge in [0.15, 0.2) is 5.78 Å². The second kappa shape index (κ2) is 4.87. The Morgan fingerprint density at radius 1 is 1.18 bits per heavy atom. The summed E-state index contributed by atoms with van der Waals surface area (Å²) in [5, 5.41) is 0. The van der Waals surface area contributed by atoms with Crippen molar-refractivity contribution >= 4 is 5.78 Å². The summed E-state index contributed by atoms with van der Waals surface area (Å²) in [5.41, 5.74) is 0.638. The van der Waals surface area contributed by atoms with Crippen LogP contribution in [0, 0.1) is 10.8 Å². The van der Waals surface area contributed by atoms with Crippen molar-refractivity contribution in [2.75, 3.05) is 0 Å². The topological polar surface area (TPSA) is 17.1 Å². The van der Waals surface area contributed by atoms with Gasteiger partial charge in [-0.2, -0.15) is 0 Å². The normalized spacial score (nSPS) is 12.2. The zero-order chi connectivity index (χ0) is 13.1. The van der Waals surface area contributed by atoms with E-state index in [1.807, 2.05) is 36.4 Å². The molecule has 1 rings (SSSR count). The third-order valence-corrected chi connectivity index (χ3v) is 3.95. The van der Waals surface area contributed by atoms with Crippen LogP contribution in [-0.4, -0.2) is 5.78 Å². The summed E-state index contributed by atoms with van der Waals surface area (Å²) in [6.45, 7) is 12.4. The van der Waals surface area contributed by atoms with Crippen LogP contribution in [-0.2, 0) is 0 Å². The van der Waals surface area contributed by atoms with Crippen LogP contribution in [0.2, 0.25) is 0 Å². The number of allylic oxidation sites excluding steroid dienone is 1. The lowest BCUT2D eigenvalue weighted by molar-refractivity contribution is 0.0828. The van der Waals surface area contributed by atoms with Gasteiger partial charge in [-0.1, -0.05) is 64.1 Å². The molecule has 0 saturated carbocycles. The average Bonchev–Trinajstić information content (AvgIpc) is 2.29. The lowest BCUT2D eigenvalue weighted by atomic mass is 9.65. The van der Waals surface area contributed by atoms with Crippen LogP contribution in [0.15, 0.2) is 43.0 Å². The summed E-state index contributed by atoms with van der Waals surface area (Å²) in [5.74, 6) is 0.200. The number of benzene rings is 1. The molecule has 0 radical (unpaired) electrons. The number of hydrogen-bond acceptors (Lipinski definition) is 1. The molecule has 0 saturated heterocycles. The Morgan fingerprint density at radius 2 is 1.71 bits per heavy atom. The molecular formula is C16H22O. The Kier molecular flexibility index (Phi) is 3.92. The smallest absolute Gasteiger partial charge is 0.163 e. The van der Waals surface area contributed by atoms with Gasteiger partial charge in [-0.05, 0) is 10.8 Å². The molecule has 17 heavy (non-hydrogen) atoms. The molecule has 92 valence electrons. The summed E-state index contributed by atoms with van der Waals surface area (Å²) in [6, 6.07) is 9.48. The zero-order valence-corrected chi connectivity index (χ0v) is 11.3. The van der Waals surface area contributed by atoms with Gasteiger partial charge in [-0.3, -0.25) is 4.79 Å². The molecule has 1 aromatic rings. The highest BCUT2D eigenvalue weighted by Gasteiger charge is 2.36. The number of ketones is 1. The zero-order valence-electron chi connectivity index (χ0n) is 11.3. The molecule has 0 N–H and O–H groups in total. The van der Waals surface area contributed by atoms with Crippen molar-refractivity contribution in [3.8, 4) is 0 Å². The number of rotatable bonds is 5. The van der Waals surface area contributed by atoms with Crippen LogP contribution in [0.5, 0.6) is 0 Å². The van der Waals surface area contributed by atoms with E-state index in [9.17, 15) is 4.79 Å². The summed E-state index contributed by atoms with van der Waals surface area (Å²) < 4.78 is 0. The van der Waals surface area contributed by atoms with Gasteiger partial charge in [0, 0.05) is 12.0 Å². The van der Waals surface area contributed by atoms with E-state index in [2.05, 4.69) is 34.3 Å². The molecule has 1 heteroatoms. The highest BCUT2D eigenvalue weighted by Crippen LogP contribution is 2.42. The molecule has 0 atom stereocenters. The molecule has 0 bridgehead atoms. The van der Waals surface area contributed by atoms with Crippen LogP contribution in [0.1, 0.15) is 44.5 Å². The SMILES string of the molecule is C=CC(C)(C)C(C)(C)CC(=O)c1ccccc1. The molecule has 1 aromatic carbocycles. The fourth-order valence-corrected chi connectivity index (χ4v) is 1.63. The van der Waals surface area contributed by atoms with E-state index in [1.165, 1.54) is 0 Å². The molecule has 1 nitrogen and oxygen atoms in total. The number of carbonyl (C=O) groups is 1. The average molecular weight is 230 g/mol. The van der Waals surface area contributed by atoms with Crippen molar-refractivity contribution in [3.05, 3.63) is 48.6 Å². The van der Waals surface area contributed by atoms with E-state index in [-0.39, 0.29) is 16.6 Å². The van der Waals surface area contributed by atoms with Crippen LogP contribution < -0.4 is 0 Å². The summed E-state index contributed by atoms with van der Waals surface area (Å²) in [4.78, 5) is 12.2. The molecule has 0 fully saturated rings. The van der Waals surface area contributed by atoms with E-state index in [4.69, 9.17) is 0 Å². The number of Topliss-reactive ketones (excluding diaryl/α,β-unsaturated/α-hetero) is 1. The molecule has 0 aromatic heterocycles. The largest absolute Gasteiger partial charge is 0.294 e. The van der Waals surface area contributed by atoms with Gasteiger partial charge in [-0.15, -0.1) is 6.58 Å².